The zero-order chi connectivity index (χ0) is 29.5. The molecule has 0 aliphatic rings. The minimum absolute atomic E-state index is 0.718. The monoisotopic (exact) mass is 609 g/mol. The molecule has 0 N–H and O–H groups in total. The summed E-state index contributed by atoms with van der Waals surface area (Å²) in [7, 11) is 0. The average molecular weight is 610 g/mol. The van der Waals surface area contributed by atoms with Gasteiger partial charge in [-0.25, -0.2) is 9.97 Å². The number of hydrogen-bond acceptors (Lipinski definition) is 4. The molecule has 0 aliphatic heterocycles. The van der Waals surface area contributed by atoms with E-state index in [-0.39, 0.29) is 0 Å². The van der Waals surface area contributed by atoms with Crippen molar-refractivity contribution >= 4 is 84.8 Å². The zero-order valence-corrected chi connectivity index (χ0v) is 25.6. The molecule has 10 aromatic rings. The Labute approximate surface area is 266 Å². The molecule has 0 atom stereocenters. The highest BCUT2D eigenvalue weighted by Crippen LogP contribution is 2.44. The summed E-state index contributed by atoms with van der Waals surface area (Å²) in [5, 5.41) is 7.67. The van der Waals surface area contributed by atoms with E-state index in [9.17, 15) is 0 Å². The van der Waals surface area contributed by atoms with Gasteiger partial charge in [-0.15, -0.1) is 22.7 Å². The Morgan fingerprint density at radius 2 is 1.11 bits per heavy atom. The van der Waals surface area contributed by atoms with Gasteiger partial charge in [-0.3, -0.25) is 4.57 Å². The predicted molar refractivity (Wildman–Crippen MR) is 193 cm³/mol. The number of rotatable bonds is 3. The fourth-order valence-electron chi connectivity index (χ4n) is 6.83. The maximum absolute atomic E-state index is 5.28. The van der Waals surface area contributed by atoms with Crippen molar-refractivity contribution in [1.29, 1.82) is 0 Å². The molecule has 4 heterocycles. The lowest BCUT2D eigenvalue weighted by molar-refractivity contribution is 1.05. The van der Waals surface area contributed by atoms with Crippen LogP contribution in [0.1, 0.15) is 0 Å². The molecule has 10 rings (SSSR count). The molecule has 0 bridgehead atoms. The summed E-state index contributed by atoms with van der Waals surface area (Å²) in [6, 6.07) is 49.7. The van der Waals surface area contributed by atoms with Crippen molar-refractivity contribution in [2.45, 2.75) is 0 Å². The number of thiophene rings is 2. The second-order valence-electron chi connectivity index (χ2n) is 11.4. The lowest BCUT2D eigenvalue weighted by atomic mass is 10.1. The normalized spacial score (nSPS) is 12.0. The molecular weight excluding hydrogens is 587 g/mol. The Hall–Kier alpha value is -5.36. The number of para-hydroxylation sites is 1. The van der Waals surface area contributed by atoms with Crippen LogP contribution in [0.4, 0.5) is 0 Å². The van der Waals surface area contributed by atoms with Crippen LogP contribution in [0.2, 0.25) is 0 Å². The molecule has 0 saturated heterocycles. The number of benzene rings is 6. The Kier molecular flexibility index (Phi) is 5.32. The lowest BCUT2D eigenvalue weighted by Crippen LogP contribution is -2.02. The second-order valence-corrected chi connectivity index (χ2v) is 13.5. The first-order valence-electron chi connectivity index (χ1n) is 15.0. The van der Waals surface area contributed by atoms with Crippen LogP contribution in [0.3, 0.4) is 0 Å². The van der Waals surface area contributed by atoms with Crippen LogP contribution in [-0.4, -0.2) is 14.5 Å². The molecule has 0 amide bonds. The lowest BCUT2D eigenvalue weighted by Gasteiger charge is -2.12. The third-order valence-electron chi connectivity index (χ3n) is 8.83. The molecule has 0 aliphatic carbocycles. The fourth-order valence-corrected chi connectivity index (χ4v) is 9.32. The summed E-state index contributed by atoms with van der Waals surface area (Å²) in [5.41, 5.74) is 5.34. The van der Waals surface area contributed by atoms with Crippen LogP contribution in [0, 0.1) is 0 Å². The topological polar surface area (TPSA) is 30.7 Å². The highest BCUT2D eigenvalue weighted by Gasteiger charge is 2.20. The molecule has 0 saturated carbocycles. The summed E-state index contributed by atoms with van der Waals surface area (Å²) in [6.07, 6.45) is 0. The van der Waals surface area contributed by atoms with Crippen LogP contribution >= 0.6 is 22.7 Å². The predicted octanol–water partition coefficient (Wildman–Crippen LogP) is 11.6. The molecule has 4 aromatic heterocycles. The van der Waals surface area contributed by atoms with Gasteiger partial charge < -0.3 is 0 Å². The third kappa shape index (κ3) is 3.69. The SMILES string of the molecule is c1ccc(-c2nc(-c3cccc4c3sc3ccccc34)cc(-n3c4ccccc4c4c5sc6ccccc6c5ccc43)n2)cc1. The van der Waals surface area contributed by atoms with E-state index >= 15 is 0 Å². The summed E-state index contributed by atoms with van der Waals surface area (Å²) in [4.78, 5) is 10.5. The van der Waals surface area contributed by atoms with Gasteiger partial charge >= 0.3 is 0 Å². The number of aromatic nitrogens is 3. The van der Waals surface area contributed by atoms with Crippen molar-refractivity contribution in [2.75, 3.05) is 0 Å². The molecule has 5 heteroatoms. The molecule has 45 heavy (non-hydrogen) atoms. The van der Waals surface area contributed by atoms with Gasteiger partial charge in [0.1, 0.15) is 5.82 Å². The van der Waals surface area contributed by atoms with Crippen LogP contribution in [0.5, 0.6) is 0 Å². The first-order chi connectivity index (χ1) is 22.3. The van der Waals surface area contributed by atoms with Crippen LogP contribution in [0.25, 0.3) is 90.6 Å². The number of fused-ring (bicyclic) bond motifs is 10. The van der Waals surface area contributed by atoms with Crippen molar-refractivity contribution in [3.63, 3.8) is 0 Å². The summed E-state index contributed by atoms with van der Waals surface area (Å²) in [5.74, 6) is 1.58. The van der Waals surface area contributed by atoms with Crippen molar-refractivity contribution in [1.82, 2.24) is 14.5 Å². The van der Waals surface area contributed by atoms with Crippen molar-refractivity contribution in [3.05, 3.63) is 140 Å². The van der Waals surface area contributed by atoms with Gasteiger partial charge in [0, 0.05) is 68.3 Å². The summed E-state index contributed by atoms with van der Waals surface area (Å²) < 4.78 is 7.49. The van der Waals surface area contributed by atoms with E-state index in [4.69, 9.17) is 9.97 Å². The van der Waals surface area contributed by atoms with E-state index < -0.39 is 0 Å². The Morgan fingerprint density at radius 3 is 1.91 bits per heavy atom. The minimum atomic E-state index is 0.718. The minimum Gasteiger partial charge on any atom is -0.294 e. The highest BCUT2D eigenvalue weighted by molar-refractivity contribution is 7.27. The van der Waals surface area contributed by atoms with Gasteiger partial charge in [0.05, 0.1) is 16.7 Å². The fraction of sp³-hybridized carbons (Fsp3) is 0. The average Bonchev–Trinajstić information content (AvgIpc) is 3.78. The van der Waals surface area contributed by atoms with E-state index in [0.29, 0.717) is 0 Å². The largest absolute Gasteiger partial charge is 0.294 e. The molecule has 3 nitrogen and oxygen atoms in total. The molecule has 210 valence electrons. The number of nitrogens with zero attached hydrogens (tertiary/aromatic N) is 3. The van der Waals surface area contributed by atoms with E-state index in [2.05, 4.69) is 138 Å². The first-order valence-corrected chi connectivity index (χ1v) is 16.6. The van der Waals surface area contributed by atoms with Crippen LogP contribution < -0.4 is 0 Å². The number of hydrogen-bond donors (Lipinski definition) is 0. The van der Waals surface area contributed by atoms with E-state index in [1.54, 1.807) is 0 Å². The van der Waals surface area contributed by atoms with Crippen molar-refractivity contribution in [3.8, 4) is 28.5 Å². The van der Waals surface area contributed by atoms with Crippen molar-refractivity contribution < 1.29 is 0 Å². The van der Waals surface area contributed by atoms with E-state index in [0.717, 1.165) is 39.5 Å². The molecule has 0 unspecified atom stereocenters. The van der Waals surface area contributed by atoms with Crippen molar-refractivity contribution in [2.24, 2.45) is 0 Å². The maximum atomic E-state index is 5.28. The first kappa shape index (κ1) is 25.0. The van der Waals surface area contributed by atoms with Gasteiger partial charge in [0.25, 0.3) is 0 Å². The Balaban J connectivity index is 1.31. The zero-order valence-electron chi connectivity index (χ0n) is 23.9. The van der Waals surface area contributed by atoms with Crippen LogP contribution in [-0.2, 0) is 0 Å². The third-order valence-corrected chi connectivity index (χ3v) is 11.3. The summed E-state index contributed by atoms with van der Waals surface area (Å²) >= 11 is 3.70. The van der Waals surface area contributed by atoms with Gasteiger partial charge in [-0.1, -0.05) is 109 Å². The van der Waals surface area contributed by atoms with Crippen LogP contribution in [0.15, 0.2) is 140 Å². The molecule has 0 fully saturated rings. The second kappa shape index (κ2) is 9.57. The Morgan fingerprint density at radius 1 is 0.467 bits per heavy atom. The molecule has 0 spiro atoms. The van der Waals surface area contributed by atoms with Gasteiger partial charge in [-0.2, -0.15) is 0 Å². The standard InChI is InChI=1S/C40H23N3S2/c1-2-11-24(12-3-1)40-41-31(29-17-10-16-27-25-13-5-8-19-34(25)44-38(27)29)23-36(42-40)43-32-18-7-4-15-30(32)37-33(43)22-21-28-26-14-6-9-20-35(26)45-39(28)37/h1-23H. The maximum Gasteiger partial charge on any atom is 0.162 e. The van der Waals surface area contributed by atoms with E-state index in [1.165, 1.54) is 51.1 Å². The quantitative estimate of drug-likeness (QED) is 0.199. The highest BCUT2D eigenvalue weighted by atomic mass is 32.1. The van der Waals surface area contributed by atoms with E-state index in [1.807, 2.05) is 28.7 Å². The smallest absolute Gasteiger partial charge is 0.162 e. The summed E-state index contributed by atoms with van der Waals surface area (Å²) in [6.45, 7) is 0. The molecule has 6 aromatic carbocycles. The Bertz CT molecular complexity index is 2770. The van der Waals surface area contributed by atoms with Gasteiger partial charge in [0.2, 0.25) is 0 Å². The van der Waals surface area contributed by atoms with Gasteiger partial charge in [0.15, 0.2) is 5.82 Å². The molecular formula is C40H23N3S2. The van der Waals surface area contributed by atoms with Gasteiger partial charge in [-0.05, 0) is 24.3 Å². The molecule has 0 radical (unpaired) electrons.